The van der Waals surface area contributed by atoms with Gasteiger partial charge in [-0.2, -0.15) is 0 Å². The molecule has 0 aliphatic carbocycles. The molecule has 8 heteroatoms. The minimum absolute atomic E-state index is 0.297. The number of aromatic carboxylic acids is 1. The molecular weight excluding hydrogens is 304 g/mol. The summed E-state index contributed by atoms with van der Waals surface area (Å²) in [6.45, 7) is 0. The molecule has 2 aromatic rings. The van der Waals surface area contributed by atoms with E-state index in [2.05, 4.69) is 5.32 Å². The average Bonchev–Trinajstić information content (AvgIpc) is 2.54. The number of hydrogen-bond donors (Lipinski definition) is 2. The third-order valence-electron chi connectivity index (χ3n) is 3.02. The van der Waals surface area contributed by atoms with Gasteiger partial charge in [-0.15, -0.1) is 0 Å². The highest BCUT2D eigenvalue weighted by Gasteiger charge is 2.20. The molecule has 0 spiro atoms. The molecule has 2 rings (SSSR count). The van der Waals surface area contributed by atoms with E-state index in [9.17, 15) is 19.7 Å². The van der Waals surface area contributed by atoms with Gasteiger partial charge in [0, 0.05) is 23.9 Å². The number of nitro groups is 1. The van der Waals surface area contributed by atoms with Gasteiger partial charge >= 0.3 is 5.97 Å². The highest BCUT2D eigenvalue weighted by Crippen LogP contribution is 2.21. The second-order valence-corrected chi connectivity index (χ2v) is 4.48. The normalized spacial score (nSPS) is 9.96. The van der Waals surface area contributed by atoms with Crippen molar-refractivity contribution in [2.45, 2.75) is 0 Å². The molecule has 0 saturated carbocycles. The molecule has 118 valence electrons. The number of ether oxygens (including phenoxy) is 1. The predicted octanol–water partition coefficient (Wildman–Crippen LogP) is 2.55. The van der Waals surface area contributed by atoms with Crippen LogP contribution in [0.1, 0.15) is 20.7 Å². The quantitative estimate of drug-likeness (QED) is 0.646. The van der Waals surface area contributed by atoms with Crippen LogP contribution in [0, 0.1) is 10.1 Å². The highest BCUT2D eigenvalue weighted by molar-refractivity contribution is 6.11. The second-order valence-electron chi connectivity index (χ2n) is 4.48. The van der Waals surface area contributed by atoms with Crippen molar-refractivity contribution in [3.63, 3.8) is 0 Å². The van der Waals surface area contributed by atoms with Crippen molar-refractivity contribution in [3.8, 4) is 5.75 Å². The number of anilines is 1. The summed E-state index contributed by atoms with van der Waals surface area (Å²) < 4.78 is 5.02. The lowest BCUT2D eigenvalue weighted by Gasteiger charge is -2.09. The number of methoxy groups -OCH3 is 1. The van der Waals surface area contributed by atoms with Crippen LogP contribution < -0.4 is 10.1 Å². The lowest BCUT2D eigenvalue weighted by molar-refractivity contribution is -0.384. The maximum atomic E-state index is 12.3. The van der Waals surface area contributed by atoms with Crippen LogP contribution in [0.25, 0.3) is 0 Å². The molecule has 23 heavy (non-hydrogen) atoms. The topological polar surface area (TPSA) is 119 Å². The Hall–Kier alpha value is -3.42. The Bertz CT molecular complexity index is 787. The monoisotopic (exact) mass is 316 g/mol. The fraction of sp³-hybridized carbons (Fsp3) is 0.0667. The highest BCUT2D eigenvalue weighted by atomic mass is 16.6. The molecule has 0 radical (unpaired) electrons. The zero-order valence-electron chi connectivity index (χ0n) is 12.0. The van der Waals surface area contributed by atoms with E-state index in [0.29, 0.717) is 11.4 Å². The van der Waals surface area contributed by atoms with Crippen LogP contribution in [0.4, 0.5) is 11.4 Å². The molecule has 0 saturated heterocycles. The van der Waals surface area contributed by atoms with E-state index in [1.807, 2.05) is 0 Å². The summed E-state index contributed by atoms with van der Waals surface area (Å²) in [6.07, 6.45) is 0. The molecule has 8 nitrogen and oxygen atoms in total. The van der Waals surface area contributed by atoms with Crippen LogP contribution in [-0.2, 0) is 0 Å². The van der Waals surface area contributed by atoms with Crippen LogP contribution in [0.2, 0.25) is 0 Å². The van der Waals surface area contributed by atoms with Crippen LogP contribution in [0.15, 0.2) is 42.5 Å². The number of nitrogens with zero attached hydrogens (tertiary/aromatic N) is 1. The predicted molar refractivity (Wildman–Crippen MR) is 81.0 cm³/mol. The summed E-state index contributed by atoms with van der Waals surface area (Å²) in [5, 5.41) is 22.4. The first-order valence-corrected chi connectivity index (χ1v) is 6.39. The van der Waals surface area contributed by atoms with E-state index in [4.69, 9.17) is 9.84 Å². The number of carboxylic acids is 1. The average molecular weight is 316 g/mol. The van der Waals surface area contributed by atoms with Crippen LogP contribution in [0.3, 0.4) is 0 Å². The molecule has 0 unspecified atom stereocenters. The minimum Gasteiger partial charge on any atom is -0.497 e. The number of carbonyl (C=O) groups excluding carboxylic acids is 1. The Labute approximate surface area is 130 Å². The Morgan fingerprint density at radius 3 is 2.52 bits per heavy atom. The Morgan fingerprint density at radius 2 is 1.91 bits per heavy atom. The van der Waals surface area contributed by atoms with E-state index in [-0.39, 0.29) is 16.8 Å². The molecule has 2 aromatic carbocycles. The third-order valence-corrected chi connectivity index (χ3v) is 3.02. The van der Waals surface area contributed by atoms with Gasteiger partial charge in [0.25, 0.3) is 11.6 Å². The number of nitrogens with one attached hydrogen (secondary N) is 1. The Morgan fingerprint density at radius 1 is 1.17 bits per heavy atom. The van der Waals surface area contributed by atoms with E-state index < -0.39 is 16.8 Å². The van der Waals surface area contributed by atoms with Gasteiger partial charge in [0.15, 0.2) is 0 Å². The summed E-state index contributed by atoms with van der Waals surface area (Å²) in [5.74, 6) is -1.62. The molecular formula is C15H12N2O6. The standard InChI is InChI=1S/C15H12N2O6/c1-23-11-4-2-3-9(7-11)16-14(18)13-8-10(17(21)22)5-6-12(13)15(19)20/h2-8H,1H3,(H,16,18)(H,19,20). The first kappa shape index (κ1) is 16.0. The van der Waals surface area contributed by atoms with E-state index in [1.54, 1.807) is 18.2 Å². The molecule has 2 N–H and O–H groups in total. The van der Waals surface area contributed by atoms with Crippen molar-refractivity contribution >= 4 is 23.3 Å². The third kappa shape index (κ3) is 3.62. The van der Waals surface area contributed by atoms with Gasteiger partial charge in [-0.1, -0.05) is 6.07 Å². The summed E-state index contributed by atoms with van der Waals surface area (Å²) in [5.41, 5.74) is -0.617. The summed E-state index contributed by atoms with van der Waals surface area (Å²) in [6, 6.07) is 9.42. The molecule has 0 bridgehead atoms. The summed E-state index contributed by atoms with van der Waals surface area (Å²) in [7, 11) is 1.46. The van der Waals surface area contributed by atoms with Crippen LogP contribution in [0.5, 0.6) is 5.75 Å². The maximum Gasteiger partial charge on any atom is 0.336 e. The zero-order valence-corrected chi connectivity index (χ0v) is 12.0. The van der Waals surface area contributed by atoms with E-state index in [1.165, 1.54) is 13.2 Å². The van der Waals surface area contributed by atoms with Crippen molar-refractivity contribution < 1.29 is 24.4 Å². The summed E-state index contributed by atoms with van der Waals surface area (Å²) >= 11 is 0. The van der Waals surface area contributed by atoms with Crippen LogP contribution >= 0.6 is 0 Å². The fourth-order valence-electron chi connectivity index (χ4n) is 1.92. The summed E-state index contributed by atoms with van der Waals surface area (Å²) in [4.78, 5) is 33.6. The molecule has 0 heterocycles. The molecule has 0 fully saturated rings. The Kier molecular flexibility index (Phi) is 4.55. The van der Waals surface area contributed by atoms with Crippen molar-refractivity contribution in [1.82, 2.24) is 0 Å². The number of benzene rings is 2. The second kappa shape index (κ2) is 6.56. The number of amides is 1. The van der Waals surface area contributed by atoms with Gasteiger partial charge in [-0.05, 0) is 18.2 Å². The minimum atomic E-state index is -1.35. The SMILES string of the molecule is COc1cccc(NC(=O)c2cc([N+](=O)[O-])ccc2C(=O)O)c1. The zero-order chi connectivity index (χ0) is 17.0. The molecule has 0 aromatic heterocycles. The van der Waals surface area contributed by atoms with Crippen molar-refractivity contribution in [3.05, 3.63) is 63.7 Å². The Balaban J connectivity index is 2.38. The van der Waals surface area contributed by atoms with E-state index >= 15 is 0 Å². The fourth-order valence-corrected chi connectivity index (χ4v) is 1.92. The van der Waals surface area contributed by atoms with Crippen molar-refractivity contribution in [2.75, 3.05) is 12.4 Å². The number of hydrogen-bond acceptors (Lipinski definition) is 5. The van der Waals surface area contributed by atoms with Crippen molar-refractivity contribution in [2.24, 2.45) is 0 Å². The maximum absolute atomic E-state index is 12.3. The smallest absolute Gasteiger partial charge is 0.336 e. The number of nitro benzene ring substituents is 1. The lowest BCUT2D eigenvalue weighted by atomic mass is 10.1. The lowest BCUT2D eigenvalue weighted by Crippen LogP contribution is -2.16. The van der Waals surface area contributed by atoms with Gasteiger partial charge in [-0.3, -0.25) is 14.9 Å². The number of carboxylic acid groups (broad SMARTS) is 1. The molecule has 1 amide bonds. The van der Waals surface area contributed by atoms with E-state index in [0.717, 1.165) is 18.2 Å². The molecule has 0 aliphatic heterocycles. The van der Waals surface area contributed by atoms with Gasteiger partial charge in [-0.25, -0.2) is 4.79 Å². The van der Waals surface area contributed by atoms with Crippen LogP contribution in [-0.4, -0.2) is 29.0 Å². The first-order chi connectivity index (χ1) is 10.9. The molecule has 0 aliphatic rings. The van der Waals surface area contributed by atoms with Gasteiger partial charge in [0.05, 0.1) is 23.2 Å². The van der Waals surface area contributed by atoms with Crippen molar-refractivity contribution in [1.29, 1.82) is 0 Å². The largest absolute Gasteiger partial charge is 0.497 e. The number of rotatable bonds is 5. The van der Waals surface area contributed by atoms with Gasteiger partial charge in [0.2, 0.25) is 0 Å². The first-order valence-electron chi connectivity index (χ1n) is 6.39. The van der Waals surface area contributed by atoms with Gasteiger partial charge < -0.3 is 15.2 Å². The number of non-ortho nitro benzene ring substituents is 1. The molecule has 0 atom stereocenters. The van der Waals surface area contributed by atoms with Gasteiger partial charge in [0.1, 0.15) is 5.75 Å². The number of carbonyl (C=O) groups is 2.